The Labute approximate surface area is 347 Å². The first-order chi connectivity index (χ1) is 27.9. The third-order valence-corrected chi connectivity index (χ3v) is 14.2. The van der Waals surface area contributed by atoms with Crippen molar-refractivity contribution in [2.24, 2.45) is 29.1 Å². The fourth-order valence-electron chi connectivity index (χ4n) is 8.87. The van der Waals surface area contributed by atoms with Crippen LogP contribution in [0.5, 0.6) is 11.5 Å². The van der Waals surface area contributed by atoms with Crippen LogP contribution in [0.4, 0.5) is 0 Å². The van der Waals surface area contributed by atoms with Gasteiger partial charge in [-0.2, -0.15) is 0 Å². The predicted molar refractivity (Wildman–Crippen MR) is 225 cm³/mol. The van der Waals surface area contributed by atoms with Crippen LogP contribution in [0.3, 0.4) is 0 Å². The summed E-state index contributed by atoms with van der Waals surface area (Å²) >= 11 is 0. The molecule has 3 aromatic rings. The highest BCUT2D eigenvalue weighted by Crippen LogP contribution is 2.46. The van der Waals surface area contributed by atoms with Crippen molar-refractivity contribution < 1.29 is 37.1 Å². The van der Waals surface area contributed by atoms with Gasteiger partial charge in [0.05, 0.1) is 36.0 Å². The number of methoxy groups -OCH3 is 1. The average Bonchev–Trinajstić information content (AvgIpc) is 4.12. The summed E-state index contributed by atoms with van der Waals surface area (Å²) in [6, 6.07) is 15.9. The van der Waals surface area contributed by atoms with Crippen LogP contribution in [0.1, 0.15) is 73.1 Å². The van der Waals surface area contributed by atoms with Crippen LogP contribution in [0.2, 0.25) is 0 Å². The molecule has 316 valence electrons. The topological polar surface area (TPSA) is 164 Å². The van der Waals surface area contributed by atoms with Crippen molar-refractivity contribution in [1.82, 2.24) is 24.8 Å². The van der Waals surface area contributed by atoms with Gasteiger partial charge < -0.3 is 24.6 Å². The number of nitrogens with zero attached hydrogens (tertiary/aromatic N) is 3. The Kier molecular flexibility index (Phi) is 11.6. The summed E-state index contributed by atoms with van der Waals surface area (Å²) in [7, 11) is -2.32. The van der Waals surface area contributed by atoms with Crippen molar-refractivity contribution in [3.8, 4) is 22.8 Å². The summed E-state index contributed by atoms with van der Waals surface area (Å²) in [5.74, 6) is -1.38. The molecule has 4 fully saturated rings. The maximum atomic E-state index is 15.0. The number of pyridine rings is 1. The Morgan fingerprint density at radius 1 is 1.00 bits per heavy atom. The molecule has 1 aromatic heterocycles. The zero-order chi connectivity index (χ0) is 42.4. The number of aromatic nitrogens is 1. The Hall–Kier alpha value is -4.98. The molecule has 2 N–H and O–H groups in total. The molecule has 59 heavy (non-hydrogen) atoms. The van der Waals surface area contributed by atoms with E-state index in [9.17, 15) is 22.8 Å². The molecule has 0 bridgehead atoms. The van der Waals surface area contributed by atoms with E-state index in [0.717, 1.165) is 12.0 Å². The molecule has 2 saturated carbocycles. The van der Waals surface area contributed by atoms with Gasteiger partial charge in [0.1, 0.15) is 29.2 Å². The van der Waals surface area contributed by atoms with Crippen LogP contribution in [-0.2, 0) is 29.2 Å². The molecule has 3 heterocycles. The quantitative estimate of drug-likeness (QED) is 0.212. The Morgan fingerprint density at radius 2 is 1.69 bits per heavy atom. The first-order valence-electron chi connectivity index (χ1n) is 20.7. The summed E-state index contributed by atoms with van der Waals surface area (Å²) in [4.78, 5) is 65.5. The van der Waals surface area contributed by atoms with Crippen molar-refractivity contribution in [3.63, 3.8) is 0 Å². The van der Waals surface area contributed by atoms with Gasteiger partial charge >= 0.3 is 0 Å². The molecule has 13 nitrogen and oxygen atoms in total. The molecular formula is C45H57N5O8S. The second-order valence-electron chi connectivity index (χ2n) is 18.3. The SMILES string of the molecule is C=C[C@@H]1C[C@]1(NC(=O)[C@@H]1C[C@@H](Oc2cc(-c3ccccc3)nc3cc(OC)ccc23)CN1C(=O)[C@@H](CC(=O)N1CC(C)CC(C)C1)C(C)(C)C)C(=O)NS(=O)(=O)C1CC1. The van der Waals surface area contributed by atoms with Crippen LogP contribution < -0.4 is 19.5 Å². The number of sulfonamides is 1. The van der Waals surface area contributed by atoms with Gasteiger partial charge in [-0.15, -0.1) is 6.58 Å². The molecule has 2 aliphatic heterocycles. The van der Waals surface area contributed by atoms with E-state index in [0.29, 0.717) is 65.9 Å². The van der Waals surface area contributed by atoms with Crippen LogP contribution in [-0.4, -0.2) is 96.5 Å². The third kappa shape index (κ3) is 8.97. The number of piperidine rings is 1. The van der Waals surface area contributed by atoms with Crippen LogP contribution in [0.25, 0.3) is 22.2 Å². The Balaban J connectivity index is 1.21. The molecule has 0 radical (unpaired) electrons. The molecule has 4 amide bonds. The number of likely N-dealkylation sites (tertiary alicyclic amines) is 2. The number of fused-ring (bicyclic) bond motifs is 1. The van der Waals surface area contributed by atoms with E-state index in [1.807, 2.05) is 80.3 Å². The maximum Gasteiger partial charge on any atom is 0.259 e. The smallest absolute Gasteiger partial charge is 0.259 e. The summed E-state index contributed by atoms with van der Waals surface area (Å²) in [5, 5.41) is 2.95. The van der Waals surface area contributed by atoms with Gasteiger partial charge in [-0.05, 0) is 55.1 Å². The van der Waals surface area contributed by atoms with E-state index in [2.05, 4.69) is 30.5 Å². The standard InChI is InChI=1S/C45H57N5O8S/c1-8-30-23-45(30,43(54)48-59(55,56)33-15-16-33)47-41(52)38-20-32(26-50(38)42(53)35(44(4,5)6)21-40(51)49-24-27(2)18-28(3)25-49)58-39-22-36(29-12-10-9-11-13-29)46-37-19-31(57-7)14-17-34(37)39/h8-14,17,19,22,27-28,30,32-33,35,38H,1,15-16,18,20-21,23-26H2,2-7H3,(H,47,52)(H,48,54)/t27?,28?,30-,32-,35-,38+,45-/m1/s1. The molecule has 7 rings (SSSR count). The largest absolute Gasteiger partial charge is 0.497 e. The highest BCUT2D eigenvalue weighted by Gasteiger charge is 2.62. The summed E-state index contributed by atoms with van der Waals surface area (Å²) < 4.78 is 40.2. The predicted octanol–water partition coefficient (Wildman–Crippen LogP) is 5.48. The van der Waals surface area contributed by atoms with E-state index in [4.69, 9.17) is 14.5 Å². The Morgan fingerprint density at radius 3 is 2.31 bits per heavy atom. The normalized spacial score (nSPS) is 26.2. The van der Waals surface area contributed by atoms with Gasteiger partial charge in [-0.3, -0.25) is 23.9 Å². The minimum atomic E-state index is -3.90. The second kappa shape index (κ2) is 16.2. The number of carbonyl (C=O) groups excluding carboxylic acids is 4. The molecule has 2 unspecified atom stereocenters. The molecule has 2 aliphatic carbocycles. The van der Waals surface area contributed by atoms with Gasteiger partial charge in [0, 0.05) is 54.9 Å². The van der Waals surface area contributed by atoms with Crippen LogP contribution in [0.15, 0.2) is 67.3 Å². The lowest BCUT2D eigenvalue weighted by atomic mass is 9.77. The Bertz CT molecular complexity index is 2230. The van der Waals surface area contributed by atoms with Gasteiger partial charge in [0.2, 0.25) is 27.7 Å². The van der Waals surface area contributed by atoms with Gasteiger partial charge in [-0.1, -0.05) is 71.0 Å². The van der Waals surface area contributed by atoms with E-state index in [-0.39, 0.29) is 37.6 Å². The van der Waals surface area contributed by atoms with Crippen LogP contribution in [0, 0.1) is 29.1 Å². The van der Waals surface area contributed by atoms with Crippen molar-refractivity contribution in [2.45, 2.75) is 96.1 Å². The number of ether oxygens (including phenoxy) is 2. The van der Waals surface area contributed by atoms with Crippen molar-refractivity contribution in [3.05, 3.63) is 67.3 Å². The van der Waals surface area contributed by atoms with Gasteiger partial charge in [0.15, 0.2) is 0 Å². The number of benzene rings is 2. The van der Waals surface area contributed by atoms with Gasteiger partial charge in [-0.25, -0.2) is 13.4 Å². The molecule has 2 aromatic carbocycles. The number of hydrogen-bond donors (Lipinski definition) is 2. The van der Waals surface area contributed by atoms with E-state index in [1.54, 1.807) is 7.11 Å². The first kappa shape index (κ1) is 42.2. The fourth-order valence-corrected chi connectivity index (χ4v) is 10.2. The zero-order valence-electron chi connectivity index (χ0n) is 34.9. The zero-order valence-corrected chi connectivity index (χ0v) is 35.7. The molecule has 14 heteroatoms. The third-order valence-electron chi connectivity index (χ3n) is 12.4. The van der Waals surface area contributed by atoms with E-state index < -0.39 is 62.0 Å². The van der Waals surface area contributed by atoms with Crippen molar-refractivity contribution in [1.29, 1.82) is 0 Å². The lowest BCUT2D eigenvalue weighted by Gasteiger charge is -2.38. The second-order valence-corrected chi connectivity index (χ2v) is 20.2. The number of amides is 4. The summed E-state index contributed by atoms with van der Waals surface area (Å²) in [6.45, 7) is 15.1. The minimum absolute atomic E-state index is 0.0241. The fraction of sp³-hybridized carbons (Fsp3) is 0.533. The van der Waals surface area contributed by atoms with Crippen molar-refractivity contribution >= 4 is 44.6 Å². The maximum absolute atomic E-state index is 15.0. The number of rotatable bonds is 13. The lowest BCUT2D eigenvalue weighted by Crippen LogP contribution is -2.57. The molecular weight excluding hydrogens is 771 g/mol. The van der Waals surface area contributed by atoms with Gasteiger partial charge in [0.25, 0.3) is 5.91 Å². The van der Waals surface area contributed by atoms with Crippen LogP contribution >= 0.6 is 0 Å². The average molecular weight is 828 g/mol. The van der Waals surface area contributed by atoms with Crippen molar-refractivity contribution in [2.75, 3.05) is 26.7 Å². The monoisotopic (exact) mass is 827 g/mol. The molecule has 2 saturated heterocycles. The van der Waals surface area contributed by atoms with E-state index >= 15 is 4.79 Å². The highest BCUT2D eigenvalue weighted by atomic mass is 32.2. The highest BCUT2D eigenvalue weighted by molar-refractivity contribution is 7.91. The first-order valence-corrected chi connectivity index (χ1v) is 22.3. The summed E-state index contributed by atoms with van der Waals surface area (Å²) in [6.07, 6.45) is 3.02. The number of carbonyl (C=O) groups is 4. The lowest BCUT2D eigenvalue weighted by molar-refractivity contribution is -0.149. The molecule has 7 atom stereocenters. The number of hydrogen-bond acceptors (Lipinski definition) is 9. The number of nitrogens with one attached hydrogen (secondary N) is 2. The minimum Gasteiger partial charge on any atom is -0.497 e. The summed E-state index contributed by atoms with van der Waals surface area (Å²) in [5.41, 5.74) is -0.0426. The molecule has 0 spiro atoms. The molecule has 4 aliphatic rings. The van der Waals surface area contributed by atoms with E-state index in [1.165, 1.54) is 11.0 Å².